The van der Waals surface area contributed by atoms with Crippen molar-refractivity contribution in [2.75, 3.05) is 55.1 Å². The zero-order valence-corrected chi connectivity index (χ0v) is 38.4. The number of phenolic OH excluding ortho intramolecular Hbond substituents is 1. The van der Waals surface area contributed by atoms with Gasteiger partial charge in [-0.15, -0.1) is 0 Å². The van der Waals surface area contributed by atoms with Gasteiger partial charge >= 0.3 is 18.0 Å². The van der Waals surface area contributed by atoms with Crippen molar-refractivity contribution >= 4 is 46.8 Å². The van der Waals surface area contributed by atoms with E-state index in [2.05, 4.69) is 27.4 Å². The number of benzene rings is 5. The van der Waals surface area contributed by atoms with Gasteiger partial charge < -0.3 is 40.0 Å². The van der Waals surface area contributed by atoms with Gasteiger partial charge in [-0.2, -0.15) is 0 Å². The van der Waals surface area contributed by atoms with Crippen molar-refractivity contribution in [3.8, 4) is 17.6 Å². The third kappa shape index (κ3) is 8.45. The second kappa shape index (κ2) is 19.6. The maximum Gasteiger partial charge on any atom is 0.329 e. The first kappa shape index (κ1) is 46.6. The molecular weight excluding hydrogens is 879 g/mol. The number of imide groups is 1. The van der Waals surface area contributed by atoms with E-state index in [9.17, 15) is 19.8 Å². The number of fused-ring (bicyclic) bond motifs is 3. The monoisotopic (exact) mass is 931 g/mol. The molecule has 4 N–H and O–H groups in total. The van der Waals surface area contributed by atoms with Crippen LogP contribution in [-0.2, 0) is 38.8 Å². The largest absolute Gasteiger partial charge is 0.508 e. The number of urea groups is 1. The average molecular weight is 932 g/mol. The number of rotatable bonds is 10. The average Bonchev–Trinajstić information content (AvgIpc) is 3.83. The summed E-state index contributed by atoms with van der Waals surface area (Å²) in [5, 5.41) is 26.2. The Bertz CT molecular complexity index is 2790. The number of aromatic hydroxyl groups is 1. The summed E-state index contributed by atoms with van der Waals surface area (Å²) in [5.41, 5.74) is 1.71. The van der Waals surface area contributed by atoms with Crippen molar-refractivity contribution in [3.05, 3.63) is 155 Å². The van der Waals surface area contributed by atoms with Crippen LogP contribution in [0.5, 0.6) is 5.75 Å². The number of nitrogens with one attached hydrogen (secondary N) is 2. The van der Waals surface area contributed by atoms with Gasteiger partial charge in [0.15, 0.2) is 0 Å². The number of hydrogen-bond acceptors (Lipinski definition) is 12. The van der Waals surface area contributed by atoms with E-state index in [0.29, 0.717) is 54.2 Å². The molecule has 9 rings (SSSR count). The van der Waals surface area contributed by atoms with Crippen molar-refractivity contribution in [1.29, 1.82) is 0 Å². The molecule has 0 saturated carbocycles. The van der Waals surface area contributed by atoms with E-state index in [-0.39, 0.29) is 30.0 Å². The molecule has 5 aromatic carbocycles. The van der Waals surface area contributed by atoms with Gasteiger partial charge in [-0.1, -0.05) is 98.5 Å². The third-order valence-corrected chi connectivity index (χ3v) is 13.5. The number of amides is 4. The highest BCUT2D eigenvalue weighted by Gasteiger charge is 2.75. The standard InChI is InChI=1S/C54H53N5O10/c1-33(2)44(50(63)67-3)56-53(66)58-42-26-17-34(12-10-11-29-60)32-41(42)54(52(58)65)43(49(62)55-38-20-22-39(23-21-38)57-27-30-68-31-28-57)46-51(64)69-47(36-15-8-5-9-16-36)45(35-13-6-4-7-14-35)59(46)48(54)37-18-24-40(61)25-19-37/h4-9,13-26,32-33,43-48,60-61H,11,27-31H2,1-3H3,(H,55,62)(H,56,66)/t43-,44+,45-,46-,47+,48+,54-/m1/s1. The Kier molecular flexibility index (Phi) is 13.2. The van der Waals surface area contributed by atoms with E-state index in [4.69, 9.17) is 14.2 Å². The van der Waals surface area contributed by atoms with E-state index < -0.39 is 77.3 Å². The van der Waals surface area contributed by atoms with Crippen LogP contribution in [0.15, 0.2) is 127 Å². The predicted molar refractivity (Wildman–Crippen MR) is 256 cm³/mol. The highest BCUT2D eigenvalue weighted by atomic mass is 16.6. The lowest BCUT2D eigenvalue weighted by atomic mass is 9.65. The molecule has 4 heterocycles. The summed E-state index contributed by atoms with van der Waals surface area (Å²) in [6, 6.07) is 31.3. The minimum atomic E-state index is -2.13. The van der Waals surface area contributed by atoms with Gasteiger partial charge in [0.1, 0.15) is 29.4 Å². The van der Waals surface area contributed by atoms with Crippen molar-refractivity contribution in [2.24, 2.45) is 11.8 Å². The molecule has 0 aromatic heterocycles. The number of carbonyl (C=O) groups excluding carboxylic acids is 5. The Balaban J connectivity index is 1.31. The normalized spacial score (nSPS) is 23.3. The number of aliphatic hydroxyl groups is 1. The van der Waals surface area contributed by atoms with Crippen molar-refractivity contribution in [3.63, 3.8) is 0 Å². The van der Waals surface area contributed by atoms with Gasteiger partial charge in [0.25, 0.3) is 0 Å². The van der Waals surface area contributed by atoms with Crippen molar-refractivity contribution in [1.82, 2.24) is 10.2 Å². The number of esters is 2. The van der Waals surface area contributed by atoms with Crippen LogP contribution in [0, 0.1) is 23.7 Å². The third-order valence-electron chi connectivity index (χ3n) is 13.5. The fourth-order valence-electron chi connectivity index (χ4n) is 10.5. The first-order valence-electron chi connectivity index (χ1n) is 23.0. The van der Waals surface area contributed by atoms with Crippen molar-refractivity contribution in [2.45, 2.75) is 56.0 Å². The lowest BCUT2D eigenvalue weighted by molar-refractivity contribution is -0.177. The molecule has 0 bridgehead atoms. The Morgan fingerprint density at radius 3 is 2.14 bits per heavy atom. The summed E-state index contributed by atoms with van der Waals surface area (Å²) in [6.45, 7) is 5.78. The molecule has 15 nitrogen and oxygen atoms in total. The number of carbonyl (C=O) groups is 5. The first-order valence-corrected chi connectivity index (χ1v) is 23.0. The number of aliphatic hydroxyl groups excluding tert-OH is 1. The zero-order chi connectivity index (χ0) is 48.4. The Morgan fingerprint density at radius 2 is 1.51 bits per heavy atom. The van der Waals surface area contributed by atoms with Gasteiger partial charge in [0, 0.05) is 36.4 Å². The highest BCUT2D eigenvalue weighted by molar-refractivity contribution is 6.25. The zero-order valence-electron chi connectivity index (χ0n) is 38.4. The molecule has 3 fully saturated rings. The highest BCUT2D eigenvalue weighted by Crippen LogP contribution is 2.66. The molecule has 7 atom stereocenters. The molecule has 4 amide bonds. The second-order valence-electron chi connectivity index (χ2n) is 17.8. The fraction of sp³-hybridized carbons (Fsp3) is 0.315. The van der Waals surface area contributed by atoms with Crippen LogP contribution in [0.3, 0.4) is 0 Å². The topological polar surface area (TPSA) is 187 Å². The van der Waals surface area contributed by atoms with E-state index in [1.165, 1.54) is 19.2 Å². The van der Waals surface area contributed by atoms with Crippen LogP contribution in [0.25, 0.3) is 0 Å². The molecule has 1 spiro atoms. The lowest BCUT2D eigenvalue weighted by Gasteiger charge is -2.46. The van der Waals surface area contributed by atoms with E-state index in [1.807, 2.05) is 77.7 Å². The minimum absolute atomic E-state index is 0.0693. The van der Waals surface area contributed by atoms with Crippen molar-refractivity contribution < 1.29 is 48.4 Å². The van der Waals surface area contributed by atoms with Gasteiger partial charge in [0.05, 0.1) is 50.6 Å². The van der Waals surface area contributed by atoms with Crippen LogP contribution in [0.4, 0.5) is 21.9 Å². The SMILES string of the molecule is COC(=O)[C@@H](NC(=O)N1C(=O)[C@@]2(c3cc(C#CCCO)ccc31)[C@H](c1ccc(O)cc1)N1[C@H](c3ccccc3)[C@H](c3ccccc3)OC(=O)[C@H]1[C@@H]2C(=O)Nc1ccc(N2CCOCC2)cc1)C(C)C. The Hall–Kier alpha value is -7.51. The number of morpholine rings is 2. The number of phenols is 1. The van der Waals surface area contributed by atoms with E-state index in [1.54, 1.807) is 56.3 Å². The van der Waals surface area contributed by atoms with Gasteiger partial charge in [-0.25, -0.2) is 14.5 Å². The van der Waals surface area contributed by atoms with Crippen LogP contribution >= 0.6 is 0 Å². The molecule has 0 aliphatic carbocycles. The van der Waals surface area contributed by atoms with Crippen LogP contribution in [0.2, 0.25) is 0 Å². The van der Waals surface area contributed by atoms with Crippen LogP contribution in [0.1, 0.15) is 66.3 Å². The maximum absolute atomic E-state index is 16.5. The Labute approximate surface area is 400 Å². The quantitative estimate of drug-likeness (QED) is 0.0923. The van der Waals surface area contributed by atoms with Gasteiger partial charge in [-0.3, -0.25) is 19.3 Å². The summed E-state index contributed by atoms with van der Waals surface area (Å²) in [5.74, 6) is 0.800. The number of cyclic esters (lactones) is 1. The van der Waals surface area contributed by atoms with E-state index in [0.717, 1.165) is 10.6 Å². The summed E-state index contributed by atoms with van der Waals surface area (Å²) in [4.78, 5) is 81.0. The van der Waals surface area contributed by atoms with Gasteiger partial charge in [0.2, 0.25) is 11.8 Å². The number of anilines is 3. The molecule has 0 radical (unpaired) electrons. The number of methoxy groups -OCH3 is 1. The smallest absolute Gasteiger partial charge is 0.329 e. The van der Waals surface area contributed by atoms with Crippen LogP contribution in [-0.4, -0.2) is 97.0 Å². The molecule has 5 aromatic rings. The summed E-state index contributed by atoms with van der Waals surface area (Å²) in [7, 11) is 1.20. The summed E-state index contributed by atoms with van der Waals surface area (Å²) in [6.07, 6.45) is -0.812. The molecule has 0 unspecified atom stereocenters. The molecule has 354 valence electrons. The molecule has 15 heteroatoms. The molecular formula is C54H53N5O10. The second-order valence-corrected chi connectivity index (χ2v) is 17.8. The number of hydrogen-bond donors (Lipinski definition) is 4. The predicted octanol–water partition coefficient (Wildman–Crippen LogP) is 6.17. The van der Waals surface area contributed by atoms with Crippen LogP contribution < -0.4 is 20.4 Å². The minimum Gasteiger partial charge on any atom is -0.508 e. The Morgan fingerprint density at radius 1 is 0.841 bits per heavy atom. The summed E-state index contributed by atoms with van der Waals surface area (Å²) >= 11 is 0. The lowest BCUT2D eigenvalue weighted by Crippen LogP contribution is -2.57. The summed E-state index contributed by atoms with van der Waals surface area (Å²) < 4.78 is 17.2. The molecule has 4 aliphatic heterocycles. The molecule has 3 saturated heterocycles. The fourth-order valence-corrected chi connectivity index (χ4v) is 10.5. The van der Waals surface area contributed by atoms with Gasteiger partial charge in [-0.05, 0) is 82.8 Å². The maximum atomic E-state index is 16.5. The first-order chi connectivity index (χ1) is 33.5. The number of nitrogens with zero attached hydrogens (tertiary/aromatic N) is 3. The van der Waals surface area contributed by atoms with E-state index >= 15 is 14.4 Å². The molecule has 69 heavy (non-hydrogen) atoms. The number of ether oxygens (including phenoxy) is 3. The molecule has 4 aliphatic rings.